The molecule has 5 heteroatoms. The van der Waals surface area contributed by atoms with Crippen LogP contribution >= 0.6 is 0 Å². The molecule has 5 nitrogen and oxygen atoms in total. The Labute approximate surface area is 131 Å². The average Bonchev–Trinajstić information content (AvgIpc) is 2.46. The summed E-state index contributed by atoms with van der Waals surface area (Å²) in [5.74, 6) is -0.235. The van der Waals surface area contributed by atoms with E-state index < -0.39 is 0 Å². The second-order valence-corrected chi connectivity index (χ2v) is 6.00. The summed E-state index contributed by atoms with van der Waals surface area (Å²) in [6.45, 7) is 4.00. The number of aryl methyl sites for hydroxylation is 2. The Hall–Kier alpha value is -2.04. The molecule has 118 valence electrons. The molecule has 2 rings (SSSR count). The van der Waals surface area contributed by atoms with Gasteiger partial charge in [-0.25, -0.2) is 0 Å². The Morgan fingerprint density at radius 1 is 1.23 bits per heavy atom. The number of nitrogens with one attached hydrogen (secondary N) is 1. The average molecular weight is 301 g/mol. The largest absolute Gasteiger partial charge is 0.351 e. The second-order valence-electron chi connectivity index (χ2n) is 6.00. The summed E-state index contributed by atoms with van der Waals surface area (Å²) in [4.78, 5) is 22.9. The number of carbonyl (C=O) groups excluding carboxylic acids is 2. The maximum absolute atomic E-state index is 11.9. The van der Waals surface area contributed by atoms with E-state index in [9.17, 15) is 9.59 Å². The van der Waals surface area contributed by atoms with E-state index in [2.05, 4.69) is 21.6 Å². The van der Waals surface area contributed by atoms with Crippen molar-refractivity contribution >= 4 is 17.9 Å². The number of rotatable bonds is 5. The molecule has 0 heterocycles. The van der Waals surface area contributed by atoms with Crippen LogP contribution < -0.4 is 5.32 Å². The molecule has 1 N–H and O–H groups in total. The lowest BCUT2D eigenvalue weighted by atomic mass is 9.85. The third kappa shape index (κ3) is 4.76. The van der Waals surface area contributed by atoms with E-state index in [0.29, 0.717) is 0 Å². The monoisotopic (exact) mass is 301 g/mol. The molecule has 1 amide bonds. The zero-order valence-corrected chi connectivity index (χ0v) is 13.2. The van der Waals surface area contributed by atoms with Gasteiger partial charge in [0.25, 0.3) is 0 Å². The third-order valence-corrected chi connectivity index (χ3v) is 3.95. The second kappa shape index (κ2) is 7.82. The number of hydrogen-bond acceptors (Lipinski definition) is 4. The Balaban J connectivity index is 1.86. The molecule has 1 aliphatic rings. The Bertz CT molecular complexity index is 549. The first-order valence-corrected chi connectivity index (χ1v) is 7.79. The Morgan fingerprint density at radius 3 is 2.59 bits per heavy atom. The number of nitrogens with zero attached hydrogens (tertiary/aromatic N) is 2. The van der Waals surface area contributed by atoms with Crippen molar-refractivity contribution in [2.45, 2.75) is 45.6 Å². The van der Waals surface area contributed by atoms with Crippen LogP contribution in [0.3, 0.4) is 0 Å². The summed E-state index contributed by atoms with van der Waals surface area (Å²) in [5, 5.41) is 11.0. The lowest BCUT2D eigenvalue weighted by Crippen LogP contribution is -2.43. The van der Waals surface area contributed by atoms with E-state index in [1.54, 1.807) is 0 Å². The summed E-state index contributed by atoms with van der Waals surface area (Å²) in [5.41, 5.74) is 3.00. The van der Waals surface area contributed by atoms with Gasteiger partial charge >= 0.3 is 0 Å². The summed E-state index contributed by atoms with van der Waals surface area (Å²) in [6.07, 6.45) is 4.80. The van der Waals surface area contributed by atoms with Gasteiger partial charge in [0.1, 0.15) is 12.8 Å². The Kier molecular flexibility index (Phi) is 5.81. The van der Waals surface area contributed by atoms with Crippen LogP contribution in [0.15, 0.2) is 28.4 Å². The van der Waals surface area contributed by atoms with Crippen LogP contribution in [0.1, 0.15) is 36.8 Å². The molecule has 1 aliphatic carbocycles. The number of aldehydes is 1. The molecule has 0 aromatic heterocycles. The van der Waals surface area contributed by atoms with Crippen molar-refractivity contribution in [2.24, 2.45) is 16.1 Å². The first kappa shape index (κ1) is 16.3. The van der Waals surface area contributed by atoms with Gasteiger partial charge < -0.3 is 10.1 Å². The molecule has 1 fully saturated rings. The predicted molar refractivity (Wildman–Crippen MR) is 85.3 cm³/mol. The van der Waals surface area contributed by atoms with Crippen LogP contribution in [0.2, 0.25) is 0 Å². The number of azo groups is 1. The van der Waals surface area contributed by atoms with Gasteiger partial charge in [0.2, 0.25) is 5.91 Å². The Morgan fingerprint density at radius 2 is 1.91 bits per heavy atom. The van der Waals surface area contributed by atoms with Crippen LogP contribution in [0.25, 0.3) is 0 Å². The molecule has 0 spiro atoms. The van der Waals surface area contributed by atoms with Gasteiger partial charge in [-0.1, -0.05) is 18.9 Å². The van der Waals surface area contributed by atoms with Gasteiger partial charge in [0.15, 0.2) is 0 Å². The maximum atomic E-state index is 11.9. The van der Waals surface area contributed by atoms with E-state index in [4.69, 9.17) is 0 Å². The van der Waals surface area contributed by atoms with Crippen molar-refractivity contribution in [2.75, 3.05) is 6.54 Å². The molecule has 1 aromatic rings. The van der Waals surface area contributed by atoms with Crippen LogP contribution in [-0.2, 0) is 9.59 Å². The molecule has 22 heavy (non-hydrogen) atoms. The normalized spacial score (nSPS) is 21.7. The molecular weight excluding hydrogens is 278 g/mol. The highest BCUT2D eigenvalue weighted by Gasteiger charge is 2.25. The van der Waals surface area contributed by atoms with Crippen molar-refractivity contribution in [3.63, 3.8) is 0 Å². The van der Waals surface area contributed by atoms with Gasteiger partial charge in [-0.05, 0) is 49.9 Å². The fourth-order valence-electron chi connectivity index (χ4n) is 2.94. The third-order valence-electron chi connectivity index (χ3n) is 3.95. The quantitative estimate of drug-likeness (QED) is 0.670. The highest BCUT2D eigenvalue weighted by atomic mass is 16.2. The lowest BCUT2D eigenvalue weighted by Gasteiger charge is -2.28. The van der Waals surface area contributed by atoms with Crippen molar-refractivity contribution in [3.05, 3.63) is 29.3 Å². The zero-order valence-electron chi connectivity index (χ0n) is 13.2. The number of benzene rings is 1. The summed E-state index contributed by atoms with van der Waals surface area (Å²) >= 11 is 0. The molecule has 1 aromatic carbocycles. The van der Waals surface area contributed by atoms with Crippen molar-refractivity contribution in [3.8, 4) is 0 Å². The molecule has 2 unspecified atom stereocenters. The zero-order chi connectivity index (χ0) is 15.9. The summed E-state index contributed by atoms with van der Waals surface area (Å²) in [7, 11) is 0. The van der Waals surface area contributed by atoms with Crippen LogP contribution in [0.4, 0.5) is 5.69 Å². The molecular formula is C17H23N3O2. The van der Waals surface area contributed by atoms with Crippen LogP contribution in [-0.4, -0.2) is 24.8 Å². The lowest BCUT2D eigenvalue weighted by molar-refractivity contribution is -0.121. The van der Waals surface area contributed by atoms with Gasteiger partial charge in [-0.2, -0.15) is 10.2 Å². The van der Waals surface area contributed by atoms with E-state index >= 15 is 0 Å². The minimum Gasteiger partial charge on any atom is -0.351 e. The number of amides is 1. The molecule has 1 saturated carbocycles. The first-order chi connectivity index (χ1) is 10.6. The molecule has 2 atom stereocenters. The van der Waals surface area contributed by atoms with Crippen molar-refractivity contribution < 1.29 is 9.59 Å². The van der Waals surface area contributed by atoms with Crippen LogP contribution in [0, 0.1) is 19.8 Å². The fraction of sp³-hybridized carbons (Fsp3) is 0.529. The summed E-state index contributed by atoms with van der Waals surface area (Å²) in [6, 6.07) is 5.87. The van der Waals surface area contributed by atoms with Crippen molar-refractivity contribution in [1.82, 2.24) is 5.32 Å². The maximum Gasteiger partial charge on any atom is 0.243 e. The molecule has 0 bridgehead atoms. The predicted octanol–water partition coefficient (Wildman–Crippen LogP) is 3.26. The van der Waals surface area contributed by atoms with E-state index in [-0.39, 0.29) is 24.4 Å². The van der Waals surface area contributed by atoms with E-state index in [0.717, 1.165) is 48.8 Å². The van der Waals surface area contributed by atoms with Gasteiger partial charge in [-0.15, -0.1) is 0 Å². The van der Waals surface area contributed by atoms with Gasteiger partial charge in [-0.3, -0.25) is 4.79 Å². The molecule has 0 radical (unpaired) electrons. The van der Waals surface area contributed by atoms with Gasteiger partial charge in [0, 0.05) is 12.0 Å². The topological polar surface area (TPSA) is 70.9 Å². The summed E-state index contributed by atoms with van der Waals surface area (Å²) < 4.78 is 0. The van der Waals surface area contributed by atoms with E-state index in [1.165, 1.54) is 0 Å². The first-order valence-electron chi connectivity index (χ1n) is 7.79. The minimum absolute atomic E-state index is 0.00489. The fourth-order valence-corrected chi connectivity index (χ4v) is 2.94. The SMILES string of the molecule is Cc1cc(C)cc(/N=N/CC(=O)NC2CCCCC2C=O)c1. The van der Waals surface area contributed by atoms with Crippen LogP contribution in [0.5, 0.6) is 0 Å². The van der Waals surface area contributed by atoms with E-state index in [1.807, 2.05) is 26.0 Å². The standard InChI is InChI=1S/C17H23N3O2/c1-12-7-13(2)9-15(8-12)20-18-10-17(22)19-16-6-4-3-5-14(16)11-21/h7-9,11,14,16H,3-6,10H2,1-2H3,(H,19,22)/b20-18+. The minimum atomic E-state index is -0.174. The number of carbonyl (C=O) groups is 2. The highest BCUT2D eigenvalue weighted by molar-refractivity contribution is 5.79. The molecule has 0 aliphatic heterocycles. The van der Waals surface area contributed by atoms with Crippen molar-refractivity contribution in [1.29, 1.82) is 0 Å². The molecule has 0 saturated heterocycles. The van der Waals surface area contributed by atoms with Gasteiger partial charge in [0.05, 0.1) is 5.69 Å². The highest BCUT2D eigenvalue weighted by Crippen LogP contribution is 2.22. The smallest absolute Gasteiger partial charge is 0.243 e. The number of hydrogen-bond donors (Lipinski definition) is 1.